The van der Waals surface area contributed by atoms with Crippen molar-refractivity contribution in [3.63, 3.8) is 0 Å². The molecule has 0 spiro atoms. The first-order valence-corrected chi connectivity index (χ1v) is 8.16. The van der Waals surface area contributed by atoms with Gasteiger partial charge in [-0.1, -0.05) is 0 Å². The van der Waals surface area contributed by atoms with Gasteiger partial charge in [0, 0.05) is 39.5 Å². The fourth-order valence-corrected chi connectivity index (χ4v) is 2.08. The zero-order chi connectivity index (χ0) is 15.2. The third-order valence-corrected chi connectivity index (χ3v) is 3.13. The zero-order valence-electron chi connectivity index (χ0n) is 13.5. The first kappa shape index (κ1) is 18.2. The van der Waals surface area contributed by atoms with Crippen molar-refractivity contribution in [1.82, 2.24) is 10.6 Å². The Balaban J connectivity index is 2.03. The van der Waals surface area contributed by atoms with Crippen LogP contribution in [0, 0.1) is 0 Å². The summed E-state index contributed by atoms with van der Waals surface area (Å²) in [6.45, 7) is 10.2. The van der Waals surface area contributed by atoms with Gasteiger partial charge < -0.3 is 24.8 Å². The molecule has 6 heteroatoms. The molecule has 6 nitrogen and oxygen atoms in total. The second-order valence-electron chi connectivity index (χ2n) is 4.95. The average Bonchev–Trinajstić information content (AvgIpc) is 3.00. The highest BCUT2D eigenvalue weighted by Crippen LogP contribution is 2.11. The van der Waals surface area contributed by atoms with Gasteiger partial charge in [-0.25, -0.2) is 0 Å². The van der Waals surface area contributed by atoms with E-state index in [0.717, 1.165) is 71.3 Å². The van der Waals surface area contributed by atoms with E-state index in [-0.39, 0.29) is 0 Å². The van der Waals surface area contributed by atoms with Crippen molar-refractivity contribution in [2.45, 2.75) is 39.2 Å². The number of hydrogen-bond acceptors (Lipinski definition) is 4. The van der Waals surface area contributed by atoms with E-state index in [1.807, 2.05) is 6.92 Å². The molecule has 1 fully saturated rings. The lowest BCUT2D eigenvalue weighted by Crippen LogP contribution is -2.39. The molecular weight excluding hydrogens is 270 g/mol. The van der Waals surface area contributed by atoms with Crippen LogP contribution in [0.1, 0.15) is 33.1 Å². The monoisotopic (exact) mass is 301 g/mol. The second-order valence-corrected chi connectivity index (χ2v) is 4.95. The minimum Gasteiger partial charge on any atom is -0.380 e. The van der Waals surface area contributed by atoms with Crippen molar-refractivity contribution in [2.75, 3.05) is 52.7 Å². The van der Waals surface area contributed by atoms with Crippen LogP contribution < -0.4 is 10.6 Å². The number of aliphatic imine (C=N–C) groups is 1. The summed E-state index contributed by atoms with van der Waals surface area (Å²) >= 11 is 0. The van der Waals surface area contributed by atoms with Crippen molar-refractivity contribution in [3.05, 3.63) is 0 Å². The van der Waals surface area contributed by atoms with Gasteiger partial charge in [0.25, 0.3) is 0 Å². The smallest absolute Gasteiger partial charge is 0.191 e. The summed E-state index contributed by atoms with van der Waals surface area (Å²) < 4.78 is 16.4. The molecule has 1 unspecified atom stereocenters. The van der Waals surface area contributed by atoms with Gasteiger partial charge in [0.15, 0.2) is 5.96 Å². The third kappa shape index (κ3) is 9.66. The van der Waals surface area contributed by atoms with E-state index in [1.54, 1.807) is 0 Å². The predicted octanol–water partition coefficient (Wildman–Crippen LogP) is 1.16. The zero-order valence-corrected chi connectivity index (χ0v) is 13.5. The highest BCUT2D eigenvalue weighted by molar-refractivity contribution is 5.79. The summed E-state index contributed by atoms with van der Waals surface area (Å²) in [6, 6.07) is 0. The normalized spacial score (nSPS) is 19.0. The van der Waals surface area contributed by atoms with Crippen LogP contribution in [-0.4, -0.2) is 64.7 Å². The van der Waals surface area contributed by atoms with Gasteiger partial charge in [0.05, 0.1) is 19.3 Å². The second kappa shape index (κ2) is 12.9. The predicted molar refractivity (Wildman–Crippen MR) is 84.9 cm³/mol. The molecule has 1 aliphatic rings. The molecule has 0 saturated carbocycles. The molecule has 124 valence electrons. The fourth-order valence-electron chi connectivity index (χ4n) is 2.08. The van der Waals surface area contributed by atoms with E-state index in [2.05, 4.69) is 22.5 Å². The molecule has 1 aliphatic heterocycles. The van der Waals surface area contributed by atoms with Gasteiger partial charge in [-0.2, -0.15) is 0 Å². The molecule has 1 atom stereocenters. The lowest BCUT2D eigenvalue weighted by molar-refractivity contribution is 0.0171. The van der Waals surface area contributed by atoms with Crippen LogP contribution in [0.15, 0.2) is 4.99 Å². The summed E-state index contributed by atoms with van der Waals surface area (Å²) in [5.74, 6) is 0.844. The van der Waals surface area contributed by atoms with Crippen LogP contribution in [0.25, 0.3) is 0 Å². The maximum Gasteiger partial charge on any atom is 0.191 e. The molecule has 0 radical (unpaired) electrons. The van der Waals surface area contributed by atoms with Gasteiger partial charge >= 0.3 is 0 Å². The molecule has 0 aromatic heterocycles. The summed E-state index contributed by atoms with van der Waals surface area (Å²) in [7, 11) is 0. The molecule has 1 saturated heterocycles. The number of nitrogens with zero attached hydrogens (tertiary/aromatic N) is 1. The number of hydrogen-bond donors (Lipinski definition) is 2. The Kier molecular flexibility index (Phi) is 11.1. The van der Waals surface area contributed by atoms with E-state index in [4.69, 9.17) is 14.2 Å². The van der Waals surface area contributed by atoms with E-state index in [0.29, 0.717) is 12.7 Å². The Hall–Kier alpha value is -0.850. The maximum absolute atomic E-state index is 5.62. The number of ether oxygens (including phenoxy) is 3. The van der Waals surface area contributed by atoms with Gasteiger partial charge in [0.1, 0.15) is 0 Å². The van der Waals surface area contributed by atoms with Crippen molar-refractivity contribution < 1.29 is 14.2 Å². The van der Waals surface area contributed by atoms with Crippen LogP contribution in [0.5, 0.6) is 0 Å². The largest absolute Gasteiger partial charge is 0.380 e. The highest BCUT2D eigenvalue weighted by atomic mass is 16.5. The van der Waals surface area contributed by atoms with Crippen molar-refractivity contribution in [1.29, 1.82) is 0 Å². The molecule has 0 bridgehead atoms. The van der Waals surface area contributed by atoms with Gasteiger partial charge in [-0.05, 0) is 33.1 Å². The summed E-state index contributed by atoms with van der Waals surface area (Å²) in [4.78, 5) is 4.51. The van der Waals surface area contributed by atoms with E-state index >= 15 is 0 Å². The van der Waals surface area contributed by atoms with E-state index < -0.39 is 0 Å². The Bertz CT molecular complexity index is 269. The quantitative estimate of drug-likeness (QED) is 0.341. The number of nitrogens with one attached hydrogen (secondary N) is 2. The summed E-state index contributed by atoms with van der Waals surface area (Å²) in [5.41, 5.74) is 0. The lowest BCUT2D eigenvalue weighted by atomic mass is 10.2. The molecule has 0 aromatic rings. The topological polar surface area (TPSA) is 64.1 Å². The molecular formula is C15H31N3O3. The number of guanidine groups is 1. The fraction of sp³-hybridized carbons (Fsp3) is 0.933. The third-order valence-electron chi connectivity index (χ3n) is 3.13. The van der Waals surface area contributed by atoms with Crippen molar-refractivity contribution >= 4 is 5.96 Å². The molecule has 1 rings (SSSR count). The molecule has 1 heterocycles. The van der Waals surface area contributed by atoms with E-state index in [9.17, 15) is 0 Å². The Morgan fingerprint density at radius 2 is 2.14 bits per heavy atom. The highest BCUT2D eigenvalue weighted by Gasteiger charge is 2.14. The molecule has 21 heavy (non-hydrogen) atoms. The molecule has 0 aliphatic carbocycles. The summed E-state index contributed by atoms with van der Waals surface area (Å²) in [6.07, 6.45) is 3.53. The van der Waals surface area contributed by atoms with Gasteiger partial charge in [-0.15, -0.1) is 0 Å². The summed E-state index contributed by atoms with van der Waals surface area (Å²) in [5, 5.41) is 6.46. The lowest BCUT2D eigenvalue weighted by Gasteiger charge is -2.11. The Labute approximate surface area is 128 Å². The van der Waals surface area contributed by atoms with Crippen LogP contribution in [0.2, 0.25) is 0 Å². The van der Waals surface area contributed by atoms with Crippen LogP contribution >= 0.6 is 0 Å². The van der Waals surface area contributed by atoms with Gasteiger partial charge in [0.2, 0.25) is 0 Å². The van der Waals surface area contributed by atoms with Crippen LogP contribution in [-0.2, 0) is 14.2 Å². The first-order chi connectivity index (χ1) is 10.4. The van der Waals surface area contributed by atoms with Crippen molar-refractivity contribution in [2.24, 2.45) is 4.99 Å². The Morgan fingerprint density at radius 1 is 1.24 bits per heavy atom. The van der Waals surface area contributed by atoms with Crippen LogP contribution in [0.4, 0.5) is 0 Å². The van der Waals surface area contributed by atoms with Crippen LogP contribution in [0.3, 0.4) is 0 Å². The number of rotatable bonds is 11. The Morgan fingerprint density at radius 3 is 2.86 bits per heavy atom. The molecule has 2 N–H and O–H groups in total. The van der Waals surface area contributed by atoms with Gasteiger partial charge in [-0.3, -0.25) is 4.99 Å². The minimum absolute atomic E-state index is 0.311. The van der Waals surface area contributed by atoms with Crippen molar-refractivity contribution in [3.8, 4) is 0 Å². The SMILES string of the molecule is CCNC(=NCCCOCC1CCCO1)NCCOCC. The molecule has 0 amide bonds. The standard InChI is InChI=1S/C15H31N3O3/c1-3-16-15(18-9-12-19-4-2)17-8-6-10-20-13-14-7-5-11-21-14/h14H,3-13H2,1-2H3,(H2,16,17,18). The minimum atomic E-state index is 0.311. The first-order valence-electron chi connectivity index (χ1n) is 8.16. The molecule has 0 aromatic carbocycles. The average molecular weight is 301 g/mol. The maximum atomic E-state index is 5.62. The van der Waals surface area contributed by atoms with E-state index in [1.165, 1.54) is 0 Å².